The van der Waals surface area contributed by atoms with Crippen molar-refractivity contribution >= 4 is 0 Å². The molecule has 1 heterocycles. The molecular weight excluding hydrogens is 207 g/mol. The Morgan fingerprint density at radius 3 is 2.56 bits per heavy atom. The predicted molar refractivity (Wildman–Crippen MR) is 61.5 cm³/mol. The third kappa shape index (κ3) is 3.54. The Hall–Kier alpha value is -1.00. The van der Waals surface area contributed by atoms with Crippen molar-refractivity contribution in [3.63, 3.8) is 0 Å². The summed E-state index contributed by atoms with van der Waals surface area (Å²) in [6.45, 7) is 4.15. The van der Waals surface area contributed by atoms with Crippen LogP contribution in [0.3, 0.4) is 0 Å². The molecule has 0 aliphatic rings. The normalized spacial score (nSPS) is 14.8. The van der Waals surface area contributed by atoms with Crippen molar-refractivity contribution in [3.05, 3.63) is 29.8 Å². The quantitative estimate of drug-likeness (QED) is 0.780. The lowest BCUT2D eigenvalue weighted by atomic mass is 10.1. The molecule has 16 heavy (non-hydrogen) atoms. The fraction of sp³-hybridized carbons (Fsp3) is 0.583. The van der Waals surface area contributed by atoms with Crippen LogP contribution in [0, 0.1) is 5.82 Å². The zero-order chi connectivity index (χ0) is 12.0. The Balaban J connectivity index is 2.70. The number of aliphatic hydroxyl groups is 1. The Labute approximate surface area is 95.7 Å². The van der Waals surface area contributed by atoms with Crippen molar-refractivity contribution in [2.24, 2.45) is 0 Å². The number of aromatic nitrogens is 1. The average Bonchev–Trinajstić information content (AvgIpc) is 2.32. The molecule has 0 saturated heterocycles. The van der Waals surface area contributed by atoms with Crippen molar-refractivity contribution in [1.82, 2.24) is 10.3 Å². The van der Waals surface area contributed by atoms with Gasteiger partial charge in [0.1, 0.15) is 5.82 Å². The minimum atomic E-state index is -0.326. The third-order valence-electron chi connectivity index (χ3n) is 2.67. The summed E-state index contributed by atoms with van der Waals surface area (Å²) in [6, 6.07) is 3.22. The molecule has 0 aliphatic heterocycles. The smallest absolute Gasteiger partial charge is 0.141 e. The van der Waals surface area contributed by atoms with E-state index in [1.165, 1.54) is 12.3 Å². The zero-order valence-corrected chi connectivity index (χ0v) is 9.78. The highest BCUT2D eigenvalue weighted by atomic mass is 19.1. The van der Waals surface area contributed by atoms with Gasteiger partial charge in [0.15, 0.2) is 0 Å². The highest BCUT2D eigenvalue weighted by Gasteiger charge is 2.14. The second-order valence-electron chi connectivity index (χ2n) is 3.82. The molecule has 0 amide bonds. The first kappa shape index (κ1) is 13.1. The van der Waals surface area contributed by atoms with Crippen LogP contribution >= 0.6 is 0 Å². The molecule has 4 heteroatoms. The fourth-order valence-electron chi connectivity index (χ4n) is 1.59. The number of rotatable bonds is 6. The molecule has 2 atom stereocenters. The van der Waals surface area contributed by atoms with Gasteiger partial charge in [-0.25, -0.2) is 4.39 Å². The molecule has 1 unspecified atom stereocenters. The summed E-state index contributed by atoms with van der Waals surface area (Å²) in [5.41, 5.74) is 0.816. The molecular formula is C12H19FN2O. The molecule has 1 aromatic heterocycles. The van der Waals surface area contributed by atoms with Gasteiger partial charge in [-0.1, -0.05) is 13.8 Å². The first-order chi connectivity index (χ1) is 7.71. The zero-order valence-electron chi connectivity index (χ0n) is 9.78. The summed E-state index contributed by atoms with van der Waals surface area (Å²) in [5, 5.41) is 12.4. The molecule has 0 spiro atoms. The number of hydrogen-bond donors (Lipinski definition) is 2. The van der Waals surface area contributed by atoms with Crippen molar-refractivity contribution in [1.29, 1.82) is 0 Å². The van der Waals surface area contributed by atoms with Gasteiger partial charge in [-0.05, 0) is 25.0 Å². The molecule has 1 aromatic rings. The van der Waals surface area contributed by atoms with Crippen LogP contribution in [-0.4, -0.2) is 22.7 Å². The van der Waals surface area contributed by atoms with Gasteiger partial charge in [-0.3, -0.25) is 4.98 Å². The third-order valence-corrected chi connectivity index (χ3v) is 2.67. The summed E-state index contributed by atoms with van der Waals surface area (Å²) in [6.07, 6.45) is 2.93. The first-order valence-corrected chi connectivity index (χ1v) is 5.69. The summed E-state index contributed by atoms with van der Waals surface area (Å²) < 4.78 is 12.7. The number of nitrogens with one attached hydrogen (secondary N) is 1. The maximum absolute atomic E-state index is 12.7. The van der Waals surface area contributed by atoms with Gasteiger partial charge < -0.3 is 10.4 Å². The van der Waals surface area contributed by atoms with Crippen molar-refractivity contribution in [3.8, 4) is 0 Å². The van der Waals surface area contributed by atoms with Gasteiger partial charge in [0.05, 0.1) is 18.5 Å². The minimum absolute atomic E-state index is 0.0665. The summed E-state index contributed by atoms with van der Waals surface area (Å²) in [7, 11) is 0. The summed E-state index contributed by atoms with van der Waals surface area (Å²) in [5.74, 6) is -0.326. The van der Waals surface area contributed by atoms with Crippen molar-refractivity contribution in [2.45, 2.75) is 38.8 Å². The van der Waals surface area contributed by atoms with Crippen LogP contribution in [0.15, 0.2) is 18.3 Å². The van der Waals surface area contributed by atoms with E-state index in [2.05, 4.69) is 10.3 Å². The van der Waals surface area contributed by atoms with Gasteiger partial charge in [-0.15, -0.1) is 0 Å². The van der Waals surface area contributed by atoms with Crippen molar-refractivity contribution < 1.29 is 9.50 Å². The Bertz CT molecular complexity index is 298. The van der Waals surface area contributed by atoms with Crippen LogP contribution in [-0.2, 0) is 0 Å². The largest absolute Gasteiger partial charge is 0.395 e. The van der Waals surface area contributed by atoms with Gasteiger partial charge in [0.25, 0.3) is 0 Å². The second-order valence-corrected chi connectivity index (χ2v) is 3.82. The van der Waals surface area contributed by atoms with E-state index in [-0.39, 0.29) is 24.5 Å². The molecule has 1 rings (SSSR count). The SMILES string of the molecule is CCC(N[C@H](CC)CO)c1ccc(F)cn1. The Morgan fingerprint density at radius 2 is 2.12 bits per heavy atom. The van der Waals surface area contributed by atoms with E-state index >= 15 is 0 Å². The molecule has 0 radical (unpaired) electrons. The van der Waals surface area contributed by atoms with Gasteiger partial charge in [-0.2, -0.15) is 0 Å². The number of nitrogens with zero attached hydrogens (tertiary/aromatic N) is 1. The summed E-state index contributed by atoms with van der Waals surface area (Å²) in [4.78, 5) is 4.05. The van der Waals surface area contributed by atoms with E-state index in [0.717, 1.165) is 18.5 Å². The lowest BCUT2D eigenvalue weighted by molar-refractivity contribution is 0.225. The molecule has 0 fully saturated rings. The van der Waals surface area contributed by atoms with E-state index in [1.807, 2.05) is 13.8 Å². The molecule has 2 N–H and O–H groups in total. The number of hydrogen-bond acceptors (Lipinski definition) is 3. The highest BCUT2D eigenvalue weighted by molar-refractivity contribution is 5.10. The highest BCUT2D eigenvalue weighted by Crippen LogP contribution is 2.15. The minimum Gasteiger partial charge on any atom is -0.395 e. The molecule has 0 aromatic carbocycles. The molecule has 3 nitrogen and oxygen atoms in total. The standard InChI is InChI=1S/C12H19FN2O/c1-3-10(8-16)15-11(4-2)12-6-5-9(13)7-14-12/h5-7,10-11,15-16H,3-4,8H2,1-2H3/t10-,11?/m1/s1. The second kappa shape index (κ2) is 6.55. The van der Waals surface area contributed by atoms with E-state index in [1.54, 1.807) is 6.07 Å². The molecule has 0 saturated carbocycles. The monoisotopic (exact) mass is 226 g/mol. The average molecular weight is 226 g/mol. The van der Waals surface area contributed by atoms with Crippen LogP contribution in [0.25, 0.3) is 0 Å². The maximum atomic E-state index is 12.7. The van der Waals surface area contributed by atoms with Crippen LogP contribution in [0.2, 0.25) is 0 Å². The van der Waals surface area contributed by atoms with Crippen LogP contribution in [0.4, 0.5) is 4.39 Å². The van der Waals surface area contributed by atoms with Gasteiger partial charge in [0, 0.05) is 12.1 Å². The molecule has 90 valence electrons. The number of pyridine rings is 1. The van der Waals surface area contributed by atoms with Gasteiger partial charge in [0.2, 0.25) is 0 Å². The Morgan fingerprint density at radius 1 is 1.38 bits per heavy atom. The van der Waals surface area contributed by atoms with E-state index in [9.17, 15) is 4.39 Å². The summed E-state index contributed by atoms with van der Waals surface area (Å²) >= 11 is 0. The van der Waals surface area contributed by atoms with E-state index < -0.39 is 0 Å². The van der Waals surface area contributed by atoms with Crippen molar-refractivity contribution in [2.75, 3.05) is 6.61 Å². The van der Waals surface area contributed by atoms with E-state index in [4.69, 9.17) is 5.11 Å². The molecule has 0 aliphatic carbocycles. The van der Waals surface area contributed by atoms with Crippen LogP contribution in [0.5, 0.6) is 0 Å². The van der Waals surface area contributed by atoms with Crippen LogP contribution < -0.4 is 5.32 Å². The fourth-order valence-corrected chi connectivity index (χ4v) is 1.59. The number of halogens is 1. The van der Waals surface area contributed by atoms with Gasteiger partial charge >= 0.3 is 0 Å². The topological polar surface area (TPSA) is 45.1 Å². The maximum Gasteiger partial charge on any atom is 0.141 e. The predicted octanol–water partition coefficient (Wildman–Crippen LogP) is 2.03. The number of aliphatic hydroxyl groups excluding tert-OH is 1. The Kier molecular flexibility index (Phi) is 5.35. The van der Waals surface area contributed by atoms with Crippen LogP contribution in [0.1, 0.15) is 38.4 Å². The first-order valence-electron chi connectivity index (χ1n) is 5.69. The lowest BCUT2D eigenvalue weighted by Gasteiger charge is -2.22. The van der Waals surface area contributed by atoms with E-state index in [0.29, 0.717) is 0 Å². The lowest BCUT2D eigenvalue weighted by Crippen LogP contribution is -2.35. The molecule has 0 bridgehead atoms.